The number of hydrogen-bond acceptors (Lipinski definition) is 5. The van der Waals surface area contributed by atoms with E-state index >= 15 is 0 Å². The van der Waals surface area contributed by atoms with Crippen molar-refractivity contribution in [1.82, 2.24) is 14.8 Å². The summed E-state index contributed by atoms with van der Waals surface area (Å²) in [6.07, 6.45) is 1.29. The van der Waals surface area contributed by atoms with Gasteiger partial charge in [0.15, 0.2) is 0 Å². The molecule has 0 radical (unpaired) electrons. The molecule has 1 amide bonds. The Bertz CT molecular complexity index is 821. The predicted molar refractivity (Wildman–Crippen MR) is 114 cm³/mol. The van der Waals surface area contributed by atoms with Gasteiger partial charge in [0, 0.05) is 51.0 Å². The van der Waals surface area contributed by atoms with Crippen molar-refractivity contribution in [3.05, 3.63) is 41.3 Å². The summed E-state index contributed by atoms with van der Waals surface area (Å²) in [4.78, 5) is 22.1. The van der Waals surface area contributed by atoms with E-state index in [2.05, 4.69) is 23.7 Å². The highest BCUT2D eigenvalue weighted by atomic mass is 16.5. The Labute approximate surface area is 173 Å². The monoisotopic (exact) mass is 399 g/mol. The minimum Gasteiger partial charge on any atom is -0.441 e. The number of aryl methyl sites for hydroxylation is 2. The number of carbonyl (C=O) groups excluding carboxylic acids is 1. The van der Waals surface area contributed by atoms with Crippen molar-refractivity contribution < 1.29 is 13.9 Å². The van der Waals surface area contributed by atoms with Crippen LogP contribution in [0.4, 0.5) is 0 Å². The quantitative estimate of drug-likeness (QED) is 0.668. The molecule has 0 spiro atoms. The molecule has 1 aliphatic rings. The van der Waals surface area contributed by atoms with Crippen LogP contribution in [0.2, 0.25) is 0 Å². The highest BCUT2D eigenvalue weighted by Gasteiger charge is 2.32. The summed E-state index contributed by atoms with van der Waals surface area (Å²) in [6, 6.07) is 8.67. The molecule has 2 atom stereocenters. The van der Waals surface area contributed by atoms with Gasteiger partial charge in [0.1, 0.15) is 5.76 Å². The van der Waals surface area contributed by atoms with Gasteiger partial charge in [-0.15, -0.1) is 0 Å². The molecule has 1 aromatic carbocycles. The molecule has 2 aromatic rings. The third kappa shape index (κ3) is 5.06. The number of methoxy groups -OCH3 is 1. The lowest BCUT2D eigenvalue weighted by Gasteiger charge is -2.44. The summed E-state index contributed by atoms with van der Waals surface area (Å²) in [5.74, 6) is 1.43. The van der Waals surface area contributed by atoms with Crippen molar-refractivity contribution in [3.63, 3.8) is 0 Å². The molecule has 0 bridgehead atoms. The van der Waals surface area contributed by atoms with E-state index in [1.807, 2.05) is 43.0 Å². The topological polar surface area (TPSA) is 58.8 Å². The van der Waals surface area contributed by atoms with Gasteiger partial charge in [0.05, 0.1) is 12.1 Å². The van der Waals surface area contributed by atoms with E-state index in [-0.39, 0.29) is 12.3 Å². The van der Waals surface area contributed by atoms with Gasteiger partial charge in [0.2, 0.25) is 11.8 Å². The summed E-state index contributed by atoms with van der Waals surface area (Å²) in [5, 5.41) is 0. The number of piperazine rings is 1. The van der Waals surface area contributed by atoms with Crippen molar-refractivity contribution in [2.45, 2.75) is 52.6 Å². The molecule has 29 heavy (non-hydrogen) atoms. The number of rotatable bonds is 7. The van der Waals surface area contributed by atoms with Crippen molar-refractivity contribution in [1.29, 1.82) is 0 Å². The summed E-state index contributed by atoms with van der Waals surface area (Å²) < 4.78 is 11.1. The molecule has 1 saturated heterocycles. The maximum atomic E-state index is 13.0. The molecule has 6 nitrogen and oxygen atoms in total. The Morgan fingerprint density at radius 3 is 2.55 bits per heavy atom. The summed E-state index contributed by atoms with van der Waals surface area (Å²) in [6.45, 7) is 11.6. The van der Waals surface area contributed by atoms with Gasteiger partial charge in [-0.1, -0.05) is 18.2 Å². The smallest absolute Gasteiger partial charge is 0.228 e. The van der Waals surface area contributed by atoms with Gasteiger partial charge in [-0.3, -0.25) is 9.69 Å². The molecule has 6 heteroatoms. The first-order valence-electron chi connectivity index (χ1n) is 10.5. The fraction of sp³-hybridized carbons (Fsp3) is 0.565. The predicted octanol–water partition coefficient (Wildman–Crippen LogP) is 3.46. The maximum absolute atomic E-state index is 13.0. The molecular weight excluding hydrogens is 366 g/mol. The lowest BCUT2D eigenvalue weighted by Crippen LogP contribution is -2.58. The zero-order valence-corrected chi connectivity index (χ0v) is 18.3. The second-order valence-electron chi connectivity index (χ2n) is 8.09. The highest BCUT2D eigenvalue weighted by molar-refractivity contribution is 5.79. The lowest BCUT2D eigenvalue weighted by atomic mass is 10.1. The second-order valence-corrected chi connectivity index (χ2v) is 8.09. The summed E-state index contributed by atoms with van der Waals surface area (Å²) in [7, 11) is 1.74. The van der Waals surface area contributed by atoms with E-state index in [1.165, 1.54) is 0 Å². The van der Waals surface area contributed by atoms with Gasteiger partial charge < -0.3 is 14.1 Å². The Balaban J connectivity index is 1.65. The second kappa shape index (κ2) is 9.55. The van der Waals surface area contributed by atoms with Crippen LogP contribution in [-0.4, -0.2) is 66.1 Å². The number of aromatic nitrogens is 1. The van der Waals surface area contributed by atoms with Gasteiger partial charge in [-0.05, 0) is 45.7 Å². The Morgan fingerprint density at radius 1 is 1.21 bits per heavy atom. The largest absolute Gasteiger partial charge is 0.441 e. The number of ether oxygens (including phenoxy) is 1. The number of oxazole rings is 1. The SMILES string of the molecule is COCCCN1C(C)CN(C(=O)Cc2nc(-c3ccccc3C)oc2C)CC1C. The van der Waals surface area contributed by atoms with Crippen LogP contribution in [0.5, 0.6) is 0 Å². The fourth-order valence-electron chi connectivity index (χ4n) is 4.17. The summed E-state index contributed by atoms with van der Waals surface area (Å²) in [5.41, 5.74) is 2.82. The molecule has 0 aliphatic carbocycles. The van der Waals surface area contributed by atoms with E-state index in [0.717, 1.165) is 55.2 Å². The first-order valence-corrected chi connectivity index (χ1v) is 10.5. The standard InChI is InChI=1S/C23H33N3O3/c1-16-9-6-7-10-20(16)23-24-21(19(4)29-23)13-22(27)25-14-17(2)26(18(3)15-25)11-8-12-28-5/h6-7,9-10,17-18H,8,11-15H2,1-5H3. The van der Waals surface area contributed by atoms with Crippen molar-refractivity contribution >= 4 is 5.91 Å². The third-order valence-corrected chi connectivity index (χ3v) is 5.81. The molecule has 158 valence electrons. The Hall–Kier alpha value is -2.18. The molecule has 1 aromatic heterocycles. The zero-order chi connectivity index (χ0) is 21.0. The van der Waals surface area contributed by atoms with Crippen molar-refractivity contribution in [3.8, 4) is 11.5 Å². The van der Waals surface area contributed by atoms with Crippen LogP contribution in [0.25, 0.3) is 11.5 Å². The van der Waals surface area contributed by atoms with Gasteiger partial charge in [-0.25, -0.2) is 4.98 Å². The van der Waals surface area contributed by atoms with E-state index in [0.29, 0.717) is 18.0 Å². The van der Waals surface area contributed by atoms with Crippen LogP contribution in [0.1, 0.15) is 37.3 Å². The Kier molecular flexibility index (Phi) is 7.09. The van der Waals surface area contributed by atoms with Crippen molar-refractivity contribution in [2.24, 2.45) is 0 Å². The van der Waals surface area contributed by atoms with Gasteiger partial charge in [-0.2, -0.15) is 0 Å². The van der Waals surface area contributed by atoms with Crippen LogP contribution in [-0.2, 0) is 16.0 Å². The first kappa shape index (κ1) is 21.5. The molecule has 2 unspecified atom stereocenters. The van der Waals surface area contributed by atoms with Gasteiger partial charge in [0.25, 0.3) is 0 Å². The van der Waals surface area contributed by atoms with E-state index in [1.54, 1.807) is 7.11 Å². The Morgan fingerprint density at radius 2 is 1.90 bits per heavy atom. The minimum atomic E-state index is 0.118. The molecule has 3 rings (SSSR count). The van der Waals surface area contributed by atoms with Gasteiger partial charge >= 0.3 is 0 Å². The van der Waals surface area contributed by atoms with Crippen molar-refractivity contribution in [2.75, 3.05) is 33.4 Å². The molecule has 1 fully saturated rings. The number of benzene rings is 1. The van der Waals surface area contributed by atoms with E-state index in [4.69, 9.17) is 9.15 Å². The zero-order valence-electron chi connectivity index (χ0n) is 18.3. The highest BCUT2D eigenvalue weighted by Crippen LogP contribution is 2.25. The first-order chi connectivity index (χ1) is 13.9. The number of hydrogen-bond donors (Lipinski definition) is 0. The fourth-order valence-corrected chi connectivity index (χ4v) is 4.17. The average molecular weight is 400 g/mol. The normalized spacial score (nSPS) is 20.2. The van der Waals surface area contributed by atoms with Crippen LogP contribution in [0.15, 0.2) is 28.7 Å². The average Bonchev–Trinajstić information content (AvgIpc) is 3.04. The van der Waals surface area contributed by atoms with Crippen LogP contribution < -0.4 is 0 Å². The maximum Gasteiger partial charge on any atom is 0.228 e. The van der Waals surface area contributed by atoms with Crippen LogP contribution in [0.3, 0.4) is 0 Å². The number of amides is 1. The summed E-state index contributed by atoms with van der Waals surface area (Å²) >= 11 is 0. The molecule has 0 saturated carbocycles. The lowest BCUT2D eigenvalue weighted by molar-refractivity contribution is -0.135. The number of nitrogens with zero attached hydrogens (tertiary/aromatic N) is 3. The number of carbonyl (C=O) groups is 1. The molecule has 2 heterocycles. The minimum absolute atomic E-state index is 0.118. The van der Waals surface area contributed by atoms with Crippen LogP contribution >= 0.6 is 0 Å². The van der Waals surface area contributed by atoms with E-state index in [9.17, 15) is 4.79 Å². The third-order valence-electron chi connectivity index (χ3n) is 5.81. The molecular formula is C23H33N3O3. The molecule has 0 N–H and O–H groups in total. The van der Waals surface area contributed by atoms with E-state index < -0.39 is 0 Å². The van der Waals surface area contributed by atoms with Crippen LogP contribution in [0, 0.1) is 13.8 Å². The molecule has 1 aliphatic heterocycles.